The van der Waals surface area contributed by atoms with Gasteiger partial charge in [-0.25, -0.2) is 0 Å². The summed E-state index contributed by atoms with van der Waals surface area (Å²) < 4.78 is 23.2. The average molecular weight is 367 g/mol. The molecule has 0 saturated carbocycles. The Morgan fingerprint density at radius 2 is 1.96 bits per heavy atom. The highest BCUT2D eigenvalue weighted by atomic mass is 28.4. The van der Waals surface area contributed by atoms with Gasteiger partial charge in [-0.05, 0) is 41.7 Å². The first-order valence-corrected chi connectivity index (χ1v) is 11.6. The molecule has 1 aliphatic heterocycles. The number of ether oxygens (including phenoxy) is 3. The van der Waals surface area contributed by atoms with Crippen molar-refractivity contribution in [3.63, 3.8) is 0 Å². The summed E-state index contributed by atoms with van der Waals surface area (Å²) >= 11 is 0. The summed E-state index contributed by atoms with van der Waals surface area (Å²) in [7, 11) is -0.414. The fourth-order valence-corrected chi connectivity index (χ4v) is 3.95. The van der Waals surface area contributed by atoms with Crippen LogP contribution in [0.15, 0.2) is 12.1 Å². The number of methoxy groups -OCH3 is 1. The Labute approximate surface area is 151 Å². The lowest BCUT2D eigenvalue weighted by atomic mass is 9.94. The van der Waals surface area contributed by atoms with Crippen LogP contribution in [0.2, 0.25) is 18.1 Å². The maximum atomic E-state index is 11.1. The van der Waals surface area contributed by atoms with E-state index in [-0.39, 0.29) is 23.9 Å². The van der Waals surface area contributed by atoms with E-state index in [0.717, 1.165) is 11.8 Å². The highest BCUT2D eigenvalue weighted by Crippen LogP contribution is 2.47. The molecule has 0 N–H and O–H groups in total. The van der Waals surface area contributed by atoms with E-state index in [2.05, 4.69) is 33.9 Å². The van der Waals surface area contributed by atoms with E-state index in [1.165, 1.54) is 0 Å². The Morgan fingerprint density at radius 3 is 2.52 bits per heavy atom. The van der Waals surface area contributed by atoms with E-state index in [1.54, 1.807) is 7.11 Å². The first kappa shape index (κ1) is 19.8. The number of fused-ring (bicyclic) bond motifs is 1. The van der Waals surface area contributed by atoms with Crippen LogP contribution in [0.5, 0.6) is 17.2 Å². The lowest BCUT2D eigenvalue weighted by Crippen LogP contribution is -2.43. The number of rotatable bonds is 7. The van der Waals surface area contributed by atoms with Gasteiger partial charge in [0, 0.05) is 6.42 Å². The lowest BCUT2D eigenvalue weighted by molar-refractivity contribution is -0.109. The minimum Gasteiger partial charge on any atom is -0.493 e. The fraction of sp³-hybridized carbons (Fsp3) is 0.632. The summed E-state index contributed by atoms with van der Waals surface area (Å²) in [4.78, 5) is 11.1. The Bertz CT molecular complexity index is 621. The minimum atomic E-state index is -2.02. The molecule has 2 atom stereocenters. The van der Waals surface area contributed by atoms with Crippen LogP contribution in [0, 0.1) is 5.92 Å². The van der Waals surface area contributed by atoms with Gasteiger partial charge in [-0.3, -0.25) is 0 Å². The summed E-state index contributed by atoms with van der Waals surface area (Å²) in [6.07, 6.45) is 1.20. The fourth-order valence-electron chi connectivity index (χ4n) is 2.60. The summed E-state index contributed by atoms with van der Waals surface area (Å²) in [5, 5.41) is 0.0760. The molecule has 1 heterocycles. The Balaban J connectivity index is 2.44. The van der Waals surface area contributed by atoms with Gasteiger partial charge < -0.3 is 23.4 Å². The van der Waals surface area contributed by atoms with Crippen molar-refractivity contribution in [2.45, 2.75) is 58.4 Å². The number of carbonyl (C=O) groups excluding carboxylic acids is 1. The third-order valence-corrected chi connectivity index (χ3v) is 9.68. The molecule has 1 aromatic rings. The second kappa shape index (κ2) is 7.38. The number of hydrogen-bond donors (Lipinski definition) is 0. The molecule has 0 aliphatic carbocycles. The summed E-state index contributed by atoms with van der Waals surface area (Å²) in [5.41, 5.74) is 0.959. The van der Waals surface area contributed by atoms with Crippen LogP contribution in [0.3, 0.4) is 0 Å². The van der Waals surface area contributed by atoms with Crippen molar-refractivity contribution >= 4 is 14.6 Å². The summed E-state index contributed by atoms with van der Waals surface area (Å²) in [6, 6.07) is 3.89. The quantitative estimate of drug-likeness (QED) is 0.516. The Kier molecular flexibility index (Phi) is 5.84. The van der Waals surface area contributed by atoms with E-state index < -0.39 is 8.32 Å². The highest BCUT2D eigenvalue weighted by Gasteiger charge is 2.41. The molecule has 2 rings (SSSR count). The molecule has 0 radical (unpaired) electrons. The van der Waals surface area contributed by atoms with Gasteiger partial charge >= 0.3 is 0 Å². The first-order valence-electron chi connectivity index (χ1n) is 8.69. The molecule has 0 saturated heterocycles. The maximum Gasteiger partial charge on any atom is 0.231 e. The van der Waals surface area contributed by atoms with Crippen LogP contribution in [0.1, 0.15) is 45.8 Å². The topological polar surface area (TPSA) is 54.0 Å². The molecule has 0 bridgehead atoms. The second-order valence-corrected chi connectivity index (χ2v) is 12.9. The minimum absolute atomic E-state index is 0.0525. The number of carbonyl (C=O) groups is 1. The van der Waals surface area contributed by atoms with Crippen LogP contribution in [0.4, 0.5) is 0 Å². The molecule has 0 unspecified atom stereocenters. The standard InChI is InChI=1S/C19H30O5Si/c1-13(8-9-20)17(24-25(6,7)19(2,3)4)14-10-15(21-5)18-16(11-14)22-12-23-18/h9-11,13,17H,8,12H2,1-7H3/t13-,17+/m0/s1. The van der Waals surface area contributed by atoms with Gasteiger partial charge in [-0.15, -0.1) is 0 Å². The van der Waals surface area contributed by atoms with E-state index in [4.69, 9.17) is 18.6 Å². The van der Waals surface area contributed by atoms with Gasteiger partial charge in [0.2, 0.25) is 12.5 Å². The molecule has 1 aromatic carbocycles. The second-order valence-electron chi connectivity index (χ2n) is 8.14. The highest BCUT2D eigenvalue weighted by molar-refractivity contribution is 6.74. The van der Waals surface area contributed by atoms with E-state index in [0.29, 0.717) is 23.7 Å². The first-order chi connectivity index (χ1) is 11.6. The van der Waals surface area contributed by atoms with Crippen LogP contribution in [0.25, 0.3) is 0 Å². The third kappa shape index (κ3) is 4.18. The van der Waals surface area contributed by atoms with Crippen molar-refractivity contribution in [2.24, 2.45) is 5.92 Å². The molecule has 0 fully saturated rings. The van der Waals surface area contributed by atoms with Crippen LogP contribution < -0.4 is 14.2 Å². The molecular weight excluding hydrogens is 336 g/mol. The third-order valence-electron chi connectivity index (χ3n) is 5.22. The lowest BCUT2D eigenvalue weighted by Gasteiger charge is -2.41. The van der Waals surface area contributed by atoms with Crippen molar-refractivity contribution in [1.29, 1.82) is 0 Å². The molecular formula is C19H30O5Si. The number of benzene rings is 1. The molecule has 1 aliphatic rings. The average Bonchev–Trinajstić information content (AvgIpc) is 2.99. The molecule has 0 aromatic heterocycles. The Morgan fingerprint density at radius 1 is 1.28 bits per heavy atom. The van der Waals surface area contributed by atoms with Crippen molar-refractivity contribution in [1.82, 2.24) is 0 Å². The molecule has 25 heavy (non-hydrogen) atoms. The zero-order valence-electron chi connectivity index (χ0n) is 16.3. The maximum absolute atomic E-state index is 11.1. The zero-order valence-corrected chi connectivity index (χ0v) is 17.3. The van der Waals surface area contributed by atoms with E-state index in [1.807, 2.05) is 19.1 Å². The van der Waals surface area contributed by atoms with Crippen molar-refractivity contribution in [3.05, 3.63) is 17.7 Å². The summed E-state index contributed by atoms with van der Waals surface area (Å²) in [5.74, 6) is 1.97. The van der Waals surface area contributed by atoms with Gasteiger partial charge in [0.25, 0.3) is 0 Å². The molecule has 6 heteroatoms. The van der Waals surface area contributed by atoms with Gasteiger partial charge in [-0.1, -0.05) is 27.7 Å². The predicted molar refractivity (Wildman–Crippen MR) is 100.0 cm³/mol. The van der Waals surface area contributed by atoms with E-state index in [9.17, 15) is 4.79 Å². The zero-order chi connectivity index (χ0) is 18.8. The monoisotopic (exact) mass is 366 g/mol. The van der Waals surface area contributed by atoms with Crippen molar-refractivity contribution < 1.29 is 23.4 Å². The molecule has 140 valence electrons. The van der Waals surface area contributed by atoms with Crippen LogP contribution >= 0.6 is 0 Å². The SMILES string of the molecule is COc1cc([C@H](O[Si](C)(C)C(C)(C)C)[C@@H](C)CC=O)cc2c1OCO2. The van der Waals surface area contributed by atoms with Gasteiger partial charge in [-0.2, -0.15) is 0 Å². The molecule has 0 spiro atoms. The molecule has 5 nitrogen and oxygen atoms in total. The molecule has 0 amide bonds. The smallest absolute Gasteiger partial charge is 0.231 e. The van der Waals surface area contributed by atoms with Gasteiger partial charge in [0.05, 0.1) is 13.2 Å². The van der Waals surface area contributed by atoms with Gasteiger partial charge in [0.15, 0.2) is 19.8 Å². The number of hydrogen-bond acceptors (Lipinski definition) is 5. The predicted octanol–water partition coefficient (Wildman–Crippen LogP) is 4.71. The van der Waals surface area contributed by atoms with Gasteiger partial charge in [0.1, 0.15) is 6.29 Å². The number of aldehydes is 1. The van der Waals surface area contributed by atoms with Crippen LogP contribution in [-0.4, -0.2) is 28.5 Å². The van der Waals surface area contributed by atoms with Crippen molar-refractivity contribution in [3.8, 4) is 17.2 Å². The van der Waals surface area contributed by atoms with Crippen LogP contribution in [-0.2, 0) is 9.22 Å². The van der Waals surface area contributed by atoms with Crippen molar-refractivity contribution in [2.75, 3.05) is 13.9 Å². The largest absolute Gasteiger partial charge is 0.493 e. The normalized spacial score (nSPS) is 16.4. The Hall–Kier alpha value is -1.53. The summed E-state index contributed by atoms with van der Waals surface area (Å²) in [6.45, 7) is 13.3. The van der Waals surface area contributed by atoms with E-state index >= 15 is 0 Å².